The first-order chi connectivity index (χ1) is 9.95. The molecule has 0 spiro atoms. The van der Waals surface area contributed by atoms with Gasteiger partial charge in [-0.1, -0.05) is 0 Å². The van der Waals surface area contributed by atoms with Crippen molar-refractivity contribution in [2.75, 3.05) is 0 Å². The second-order valence-corrected chi connectivity index (χ2v) is 5.62. The zero-order chi connectivity index (χ0) is 15.4. The highest BCUT2D eigenvalue weighted by Gasteiger charge is 2.11. The molecule has 2 aromatic rings. The Kier molecular flexibility index (Phi) is 4.54. The molecule has 2 N–H and O–H groups in total. The number of aromatic nitrogens is 2. The SMILES string of the molecule is Cc1cc(C(=O)NCc2cnn(C)c2)sc1/C=C/C(=O)O. The summed E-state index contributed by atoms with van der Waals surface area (Å²) in [5.74, 6) is -1.19. The van der Waals surface area contributed by atoms with E-state index in [2.05, 4.69) is 10.4 Å². The van der Waals surface area contributed by atoms with Crippen LogP contribution >= 0.6 is 11.3 Å². The Morgan fingerprint density at radius 1 is 1.52 bits per heavy atom. The van der Waals surface area contributed by atoms with Gasteiger partial charge in [0.25, 0.3) is 5.91 Å². The lowest BCUT2D eigenvalue weighted by molar-refractivity contribution is -0.131. The van der Waals surface area contributed by atoms with Crippen LogP contribution in [0.5, 0.6) is 0 Å². The first-order valence-corrected chi connectivity index (χ1v) is 7.04. The minimum absolute atomic E-state index is 0.179. The van der Waals surface area contributed by atoms with E-state index in [-0.39, 0.29) is 5.91 Å². The van der Waals surface area contributed by atoms with Crippen molar-refractivity contribution in [3.63, 3.8) is 0 Å². The fourth-order valence-electron chi connectivity index (χ4n) is 1.75. The molecule has 2 rings (SSSR count). The van der Waals surface area contributed by atoms with E-state index in [9.17, 15) is 9.59 Å². The van der Waals surface area contributed by atoms with Gasteiger partial charge >= 0.3 is 5.97 Å². The van der Waals surface area contributed by atoms with Crippen LogP contribution in [-0.4, -0.2) is 26.8 Å². The van der Waals surface area contributed by atoms with Gasteiger partial charge in [0.05, 0.1) is 11.1 Å². The number of thiophene rings is 1. The van der Waals surface area contributed by atoms with E-state index >= 15 is 0 Å². The van der Waals surface area contributed by atoms with Crippen LogP contribution in [0.1, 0.15) is 25.7 Å². The summed E-state index contributed by atoms with van der Waals surface area (Å²) in [6, 6.07) is 1.75. The van der Waals surface area contributed by atoms with Crippen LogP contribution in [0.4, 0.5) is 0 Å². The quantitative estimate of drug-likeness (QED) is 0.825. The lowest BCUT2D eigenvalue weighted by Gasteiger charge is -2.00. The number of hydrogen-bond donors (Lipinski definition) is 2. The molecule has 2 aromatic heterocycles. The summed E-state index contributed by atoms with van der Waals surface area (Å²) >= 11 is 1.27. The second-order valence-electron chi connectivity index (χ2n) is 4.53. The van der Waals surface area contributed by atoms with Crippen LogP contribution in [0.15, 0.2) is 24.5 Å². The number of nitrogens with zero attached hydrogens (tertiary/aromatic N) is 2. The van der Waals surface area contributed by atoms with Crippen LogP contribution in [-0.2, 0) is 18.4 Å². The third kappa shape index (κ3) is 4.03. The van der Waals surface area contributed by atoms with Crippen LogP contribution in [0, 0.1) is 6.92 Å². The van der Waals surface area contributed by atoms with Gasteiger partial charge in [-0.2, -0.15) is 5.10 Å². The molecule has 21 heavy (non-hydrogen) atoms. The van der Waals surface area contributed by atoms with Crippen LogP contribution in [0.3, 0.4) is 0 Å². The molecule has 0 aliphatic heterocycles. The minimum Gasteiger partial charge on any atom is -0.478 e. The molecule has 7 heteroatoms. The Morgan fingerprint density at radius 3 is 2.90 bits per heavy atom. The van der Waals surface area contributed by atoms with E-state index in [0.29, 0.717) is 11.4 Å². The van der Waals surface area contributed by atoms with Gasteiger partial charge in [-0.3, -0.25) is 9.48 Å². The van der Waals surface area contributed by atoms with E-state index in [1.54, 1.807) is 16.9 Å². The number of nitrogens with one attached hydrogen (secondary N) is 1. The van der Waals surface area contributed by atoms with Crippen LogP contribution in [0.2, 0.25) is 0 Å². The Hall–Kier alpha value is -2.41. The molecule has 0 radical (unpaired) electrons. The average molecular weight is 305 g/mol. The summed E-state index contributed by atoms with van der Waals surface area (Å²) in [6.45, 7) is 2.25. The molecule has 6 nitrogen and oxygen atoms in total. The Labute approximate surface area is 125 Å². The van der Waals surface area contributed by atoms with Gasteiger partial charge in [0.1, 0.15) is 0 Å². The van der Waals surface area contributed by atoms with Gasteiger partial charge in [0, 0.05) is 36.3 Å². The summed E-state index contributed by atoms with van der Waals surface area (Å²) in [6.07, 6.45) is 6.10. The average Bonchev–Trinajstić information content (AvgIpc) is 3.00. The predicted molar refractivity (Wildman–Crippen MR) is 80.1 cm³/mol. The molecular formula is C14H15N3O3S. The van der Waals surface area contributed by atoms with Crippen molar-refractivity contribution < 1.29 is 14.7 Å². The third-order valence-electron chi connectivity index (χ3n) is 2.77. The van der Waals surface area contributed by atoms with Crippen molar-refractivity contribution in [1.29, 1.82) is 0 Å². The van der Waals surface area contributed by atoms with Crippen molar-refractivity contribution in [2.45, 2.75) is 13.5 Å². The van der Waals surface area contributed by atoms with Crippen molar-refractivity contribution in [3.8, 4) is 0 Å². The highest BCUT2D eigenvalue weighted by molar-refractivity contribution is 7.15. The van der Waals surface area contributed by atoms with Gasteiger partial charge in [-0.05, 0) is 24.6 Å². The maximum Gasteiger partial charge on any atom is 0.328 e. The first-order valence-electron chi connectivity index (χ1n) is 6.23. The maximum atomic E-state index is 12.1. The standard InChI is InChI=1S/C14H15N3O3S/c1-9-5-12(21-11(9)3-4-13(18)19)14(20)15-6-10-7-16-17(2)8-10/h3-5,7-8H,6H2,1-2H3,(H,15,20)(H,18,19)/b4-3+. The number of aliphatic carboxylic acids is 1. The number of amides is 1. The summed E-state index contributed by atoms with van der Waals surface area (Å²) < 4.78 is 1.67. The zero-order valence-corrected chi connectivity index (χ0v) is 12.5. The zero-order valence-electron chi connectivity index (χ0n) is 11.7. The molecule has 0 unspecified atom stereocenters. The largest absolute Gasteiger partial charge is 0.478 e. The topological polar surface area (TPSA) is 84.2 Å². The molecule has 2 heterocycles. The highest BCUT2D eigenvalue weighted by Crippen LogP contribution is 2.23. The summed E-state index contributed by atoms with van der Waals surface area (Å²) in [4.78, 5) is 23.9. The van der Waals surface area contributed by atoms with Crippen molar-refractivity contribution in [2.24, 2.45) is 7.05 Å². The molecule has 0 saturated heterocycles. The van der Waals surface area contributed by atoms with Crippen LogP contribution < -0.4 is 5.32 Å². The van der Waals surface area contributed by atoms with Gasteiger partial charge in [0.15, 0.2) is 0 Å². The Bertz CT molecular complexity index is 700. The fourth-order valence-corrected chi connectivity index (χ4v) is 2.75. The van der Waals surface area contributed by atoms with E-state index in [0.717, 1.165) is 22.1 Å². The van der Waals surface area contributed by atoms with Crippen molar-refractivity contribution in [1.82, 2.24) is 15.1 Å². The van der Waals surface area contributed by atoms with Gasteiger partial charge < -0.3 is 10.4 Å². The molecule has 0 aromatic carbocycles. The predicted octanol–water partition coefficient (Wildman–Crippen LogP) is 1.82. The van der Waals surface area contributed by atoms with Gasteiger partial charge in [-0.15, -0.1) is 11.3 Å². The van der Waals surface area contributed by atoms with Gasteiger partial charge in [0.2, 0.25) is 0 Å². The molecule has 0 fully saturated rings. The number of carboxylic acids is 1. The molecule has 0 aliphatic carbocycles. The first kappa shape index (κ1) is 15.0. The number of rotatable bonds is 5. The lowest BCUT2D eigenvalue weighted by atomic mass is 10.2. The van der Waals surface area contributed by atoms with Crippen molar-refractivity contribution >= 4 is 29.3 Å². The monoisotopic (exact) mass is 305 g/mol. The molecule has 0 atom stereocenters. The summed E-state index contributed by atoms with van der Waals surface area (Å²) in [7, 11) is 1.81. The molecule has 0 bridgehead atoms. The fraction of sp³-hybridized carbons (Fsp3) is 0.214. The van der Waals surface area contributed by atoms with E-state index in [4.69, 9.17) is 5.11 Å². The number of carboxylic acid groups (broad SMARTS) is 1. The van der Waals surface area contributed by atoms with E-state index in [1.165, 1.54) is 17.4 Å². The second kappa shape index (κ2) is 6.36. The highest BCUT2D eigenvalue weighted by atomic mass is 32.1. The smallest absolute Gasteiger partial charge is 0.328 e. The number of hydrogen-bond acceptors (Lipinski definition) is 4. The summed E-state index contributed by atoms with van der Waals surface area (Å²) in [5.41, 5.74) is 1.80. The molecule has 1 amide bonds. The van der Waals surface area contributed by atoms with Crippen molar-refractivity contribution in [3.05, 3.63) is 45.4 Å². The van der Waals surface area contributed by atoms with Crippen LogP contribution in [0.25, 0.3) is 6.08 Å². The summed E-state index contributed by atoms with van der Waals surface area (Å²) in [5, 5.41) is 15.5. The molecule has 0 aliphatic rings. The number of carbonyl (C=O) groups excluding carboxylic acids is 1. The minimum atomic E-state index is -1.01. The van der Waals surface area contributed by atoms with Gasteiger partial charge in [-0.25, -0.2) is 4.79 Å². The normalized spacial score (nSPS) is 11.0. The Morgan fingerprint density at radius 2 is 2.29 bits per heavy atom. The Balaban J connectivity index is 2.02. The maximum absolute atomic E-state index is 12.1. The third-order valence-corrected chi connectivity index (χ3v) is 3.97. The number of aryl methyl sites for hydroxylation is 2. The number of carbonyl (C=O) groups is 2. The lowest BCUT2D eigenvalue weighted by Crippen LogP contribution is -2.21. The molecule has 110 valence electrons. The molecule has 0 saturated carbocycles. The van der Waals surface area contributed by atoms with E-state index < -0.39 is 5.97 Å². The molecular weight excluding hydrogens is 290 g/mol. The van der Waals surface area contributed by atoms with E-state index in [1.807, 2.05) is 20.2 Å².